The zero-order valence-corrected chi connectivity index (χ0v) is 12.3. The summed E-state index contributed by atoms with van der Waals surface area (Å²) in [6.07, 6.45) is 4.74. The molecular formula is C16H24O3. The lowest BCUT2D eigenvalue weighted by Gasteiger charge is -2.35. The van der Waals surface area contributed by atoms with Gasteiger partial charge in [-0.15, -0.1) is 0 Å². The fourth-order valence-corrected chi connectivity index (χ4v) is 3.78. The van der Waals surface area contributed by atoms with Crippen molar-refractivity contribution in [1.82, 2.24) is 0 Å². The van der Waals surface area contributed by atoms with Gasteiger partial charge < -0.3 is 9.84 Å². The van der Waals surface area contributed by atoms with Gasteiger partial charge >= 0.3 is 5.97 Å². The van der Waals surface area contributed by atoms with Crippen LogP contribution in [0.25, 0.3) is 0 Å². The van der Waals surface area contributed by atoms with Gasteiger partial charge in [-0.05, 0) is 44.9 Å². The highest BCUT2D eigenvalue weighted by Crippen LogP contribution is 2.48. The van der Waals surface area contributed by atoms with E-state index in [1.165, 1.54) is 18.3 Å². The maximum absolute atomic E-state index is 11.5. The van der Waals surface area contributed by atoms with Crippen LogP contribution in [0.15, 0.2) is 22.8 Å². The van der Waals surface area contributed by atoms with Gasteiger partial charge in [0, 0.05) is 11.5 Å². The first-order valence-corrected chi connectivity index (χ1v) is 7.10. The third kappa shape index (κ3) is 2.62. The van der Waals surface area contributed by atoms with Gasteiger partial charge in [-0.25, -0.2) is 4.79 Å². The Hall–Kier alpha value is -1.09. The number of ether oxygens (including phenoxy) is 1. The summed E-state index contributed by atoms with van der Waals surface area (Å²) in [4.78, 5) is 11.5. The van der Waals surface area contributed by atoms with Crippen LogP contribution in [0.2, 0.25) is 0 Å². The number of hydrogen-bond acceptors (Lipinski definition) is 3. The molecule has 4 atom stereocenters. The van der Waals surface area contributed by atoms with E-state index in [1.807, 2.05) is 6.08 Å². The van der Waals surface area contributed by atoms with E-state index in [0.29, 0.717) is 11.5 Å². The lowest BCUT2D eigenvalue weighted by molar-refractivity contribution is -0.136. The molecule has 0 aromatic rings. The Morgan fingerprint density at radius 3 is 2.74 bits per heavy atom. The molecule has 0 aliphatic heterocycles. The maximum Gasteiger partial charge on any atom is 0.333 e. The SMILES string of the molecule is COC(=O)C(C)=C[C@@H]1CCC(C)C2C1=C(C)CC2O. The highest BCUT2D eigenvalue weighted by atomic mass is 16.5. The number of carbonyl (C=O) groups is 1. The number of esters is 1. The normalized spacial score (nSPS) is 35.3. The summed E-state index contributed by atoms with van der Waals surface area (Å²) < 4.78 is 4.76. The van der Waals surface area contributed by atoms with Crippen molar-refractivity contribution in [2.24, 2.45) is 17.8 Å². The molecule has 0 spiro atoms. The third-order valence-electron chi connectivity index (χ3n) is 4.69. The van der Waals surface area contributed by atoms with Crippen molar-refractivity contribution in [3.8, 4) is 0 Å². The molecule has 1 N–H and O–H groups in total. The van der Waals surface area contributed by atoms with E-state index in [9.17, 15) is 9.90 Å². The summed E-state index contributed by atoms with van der Waals surface area (Å²) in [6, 6.07) is 0. The molecule has 3 unspecified atom stereocenters. The molecule has 0 heterocycles. The van der Waals surface area contributed by atoms with Crippen LogP contribution in [0, 0.1) is 17.8 Å². The van der Waals surface area contributed by atoms with Crippen LogP contribution < -0.4 is 0 Å². The molecule has 1 saturated carbocycles. The van der Waals surface area contributed by atoms with Crippen LogP contribution in [0.1, 0.15) is 40.0 Å². The van der Waals surface area contributed by atoms with E-state index in [1.54, 1.807) is 6.92 Å². The molecule has 0 aromatic carbocycles. The van der Waals surface area contributed by atoms with Crippen LogP contribution in [0.3, 0.4) is 0 Å². The number of aliphatic hydroxyl groups excluding tert-OH is 1. The van der Waals surface area contributed by atoms with E-state index in [0.717, 1.165) is 19.3 Å². The van der Waals surface area contributed by atoms with Gasteiger partial charge in [-0.1, -0.05) is 24.1 Å². The van der Waals surface area contributed by atoms with Crippen LogP contribution in [0.5, 0.6) is 0 Å². The monoisotopic (exact) mass is 264 g/mol. The minimum absolute atomic E-state index is 0.236. The number of allylic oxidation sites excluding steroid dienone is 1. The average Bonchev–Trinajstić information content (AvgIpc) is 2.68. The fourth-order valence-electron chi connectivity index (χ4n) is 3.78. The number of aliphatic hydroxyl groups is 1. The number of carbonyl (C=O) groups excluding carboxylic acids is 1. The number of fused-ring (bicyclic) bond motifs is 1. The first-order chi connectivity index (χ1) is 8.95. The van der Waals surface area contributed by atoms with E-state index in [-0.39, 0.29) is 23.9 Å². The van der Waals surface area contributed by atoms with Gasteiger partial charge in [0.25, 0.3) is 0 Å². The van der Waals surface area contributed by atoms with Crippen molar-refractivity contribution < 1.29 is 14.6 Å². The van der Waals surface area contributed by atoms with Gasteiger partial charge in [0.15, 0.2) is 0 Å². The second kappa shape index (κ2) is 5.49. The molecule has 3 nitrogen and oxygen atoms in total. The van der Waals surface area contributed by atoms with Gasteiger partial charge in [-0.2, -0.15) is 0 Å². The Kier molecular flexibility index (Phi) is 4.14. The lowest BCUT2D eigenvalue weighted by atomic mass is 9.70. The van der Waals surface area contributed by atoms with E-state index < -0.39 is 0 Å². The van der Waals surface area contributed by atoms with Gasteiger partial charge in [0.05, 0.1) is 13.2 Å². The molecule has 106 valence electrons. The average molecular weight is 264 g/mol. The van der Waals surface area contributed by atoms with Crippen LogP contribution in [0.4, 0.5) is 0 Å². The minimum Gasteiger partial charge on any atom is -0.466 e. The standard InChI is InChI=1S/C16H24O3/c1-9-5-6-12(7-11(3)16(18)19-4)14-10(2)8-13(17)15(9)14/h7,9,12-13,15,17H,5-6,8H2,1-4H3/t9?,12-,13?,15?/m0/s1. The van der Waals surface area contributed by atoms with Crippen LogP contribution in [-0.2, 0) is 9.53 Å². The Morgan fingerprint density at radius 2 is 2.11 bits per heavy atom. The molecule has 19 heavy (non-hydrogen) atoms. The van der Waals surface area contributed by atoms with Gasteiger partial charge in [0.1, 0.15) is 0 Å². The Labute approximate surface area is 115 Å². The number of hydrogen-bond donors (Lipinski definition) is 1. The lowest BCUT2D eigenvalue weighted by Crippen LogP contribution is -2.30. The maximum atomic E-state index is 11.5. The minimum atomic E-state index is -0.257. The predicted molar refractivity (Wildman–Crippen MR) is 74.5 cm³/mol. The van der Waals surface area contributed by atoms with Gasteiger partial charge in [-0.3, -0.25) is 0 Å². The topological polar surface area (TPSA) is 46.5 Å². The van der Waals surface area contributed by atoms with Crippen molar-refractivity contribution in [3.05, 3.63) is 22.8 Å². The summed E-state index contributed by atoms with van der Waals surface area (Å²) in [5.41, 5.74) is 3.35. The molecule has 0 bridgehead atoms. The largest absolute Gasteiger partial charge is 0.466 e. The second-order valence-corrected chi connectivity index (χ2v) is 6.04. The second-order valence-electron chi connectivity index (χ2n) is 6.04. The number of methoxy groups -OCH3 is 1. The molecule has 0 aromatic heterocycles. The molecule has 2 rings (SSSR count). The Bertz CT molecular complexity index is 433. The van der Waals surface area contributed by atoms with E-state index >= 15 is 0 Å². The van der Waals surface area contributed by atoms with Crippen molar-refractivity contribution in [1.29, 1.82) is 0 Å². The van der Waals surface area contributed by atoms with Gasteiger partial charge in [0.2, 0.25) is 0 Å². The molecular weight excluding hydrogens is 240 g/mol. The number of rotatable bonds is 2. The Balaban J connectivity index is 2.28. The smallest absolute Gasteiger partial charge is 0.333 e. The summed E-state index contributed by atoms with van der Waals surface area (Å²) in [5, 5.41) is 10.2. The predicted octanol–water partition coefficient (Wildman–Crippen LogP) is 2.85. The van der Waals surface area contributed by atoms with Crippen LogP contribution in [-0.4, -0.2) is 24.3 Å². The summed E-state index contributed by atoms with van der Waals surface area (Å²) in [7, 11) is 1.41. The van der Waals surface area contributed by atoms with Crippen LogP contribution >= 0.6 is 0 Å². The molecule has 1 fully saturated rings. The highest BCUT2D eigenvalue weighted by molar-refractivity contribution is 5.87. The first kappa shape index (κ1) is 14.3. The zero-order chi connectivity index (χ0) is 14.2. The highest BCUT2D eigenvalue weighted by Gasteiger charge is 2.41. The zero-order valence-electron chi connectivity index (χ0n) is 12.3. The summed E-state index contributed by atoms with van der Waals surface area (Å²) in [5.74, 6) is 0.843. The molecule has 0 amide bonds. The molecule has 0 radical (unpaired) electrons. The molecule has 2 aliphatic rings. The third-order valence-corrected chi connectivity index (χ3v) is 4.69. The Morgan fingerprint density at radius 1 is 1.42 bits per heavy atom. The molecule has 3 heteroatoms. The fraction of sp³-hybridized carbons (Fsp3) is 0.688. The van der Waals surface area contributed by atoms with Crippen molar-refractivity contribution in [3.63, 3.8) is 0 Å². The van der Waals surface area contributed by atoms with Crippen molar-refractivity contribution >= 4 is 5.97 Å². The van der Waals surface area contributed by atoms with Crippen molar-refractivity contribution in [2.75, 3.05) is 7.11 Å². The quantitative estimate of drug-likeness (QED) is 0.474. The molecule has 2 aliphatic carbocycles. The van der Waals surface area contributed by atoms with E-state index in [2.05, 4.69) is 13.8 Å². The molecule has 0 saturated heterocycles. The van der Waals surface area contributed by atoms with Crippen molar-refractivity contribution in [2.45, 2.75) is 46.1 Å². The summed E-state index contributed by atoms with van der Waals surface area (Å²) >= 11 is 0. The van der Waals surface area contributed by atoms with E-state index in [4.69, 9.17) is 4.74 Å². The first-order valence-electron chi connectivity index (χ1n) is 7.10. The summed E-state index contributed by atoms with van der Waals surface area (Å²) in [6.45, 7) is 6.14.